The van der Waals surface area contributed by atoms with Gasteiger partial charge in [-0.25, -0.2) is 4.98 Å². The number of nitrogens with zero attached hydrogens (tertiary/aromatic N) is 2. The largest absolute Gasteiger partial charge is 0.364 e. The van der Waals surface area contributed by atoms with Crippen molar-refractivity contribution >= 4 is 11.6 Å². The van der Waals surface area contributed by atoms with Gasteiger partial charge in [0.15, 0.2) is 0 Å². The number of carbonyl (C=O) groups is 1. The van der Waals surface area contributed by atoms with Crippen LogP contribution in [0.15, 0.2) is 18.2 Å². The van der Waals surface area contributed by atoms with E-state index in [1.807, 2.05) is 23.5 Å². The highest BCUT2D eigenvalue weighted by molar-refractivity contribution is 5.93. The van der Waals surface area contributed by atoms with E-state index in [4.69, 9.17) is 5.73 Å². The molecule has 4 nitrogen and oxygen atoms in total. The van der Waals surface area contributed by atoms with Gasteiger partial charge < -0.3 is 5.73 Å². The number of nitrogens with two attached hydrogens (primary N) is 1. The molecule has 0 aromatic carbocycles. The smallest absolute Gasteiger partial charge is 0.267 e. The molecule has 2 N–H and O–H groups in total. The topological polar surface area (TPSA) is 60.4 Å². The Balaban J connectivity index is 2.03. The van der Waals surface area contributed by atoms with Crippen molar-refractivity contribution in [2.75, 3.05) is 0 Å². The van der Waals surface area contributed by atoms with Gasteiger partial charge in [0.05, 0.1) is 5.69 Å². The SMILES string of the molecule is Cc1nc2cccc(CC3CCCCC3)n2c1C(N)=O. The molecule has 3 rings (SSSR count). The van der Waals surface area contributed by atoms with Crippen molar-refractivity contribution in [3.05, 3.63) is 35.3 Å². The highest BCUT2D eigenvalue weighted by atomic mass is 16.1. The molecule has 106 valence electrons. The molecule has 0 spiro atoms. The van der Waals surface area contributed by atoms with Crippen LogP contribution in [0.3, 0.4) is 0 Å². The van der Waals surface area contributed by atoms with Crippen LogP contribution in [0, 0.1) is 12.8 Å². The summed E-state index contributed by atoms with van der Waals surface area (Å²) < 4.78 is 1.95. The lowest BCUT2D eigenvalue weighted by Gasteiger charge is -2.22. The molecule has 1 aliphatic carbocycles. The van der Waals surface area contributed by atoms with E-state index < -0.39 is 5.91 Å². The molecule has 0 aliphatic heterocycles. The number of aryl methyl sites for hydroxylation is 1. The van der Waals surface area contributed by atoms with Gasteiger partial charge in [-0.1, -0.05) is 38.2 Å². The molecule has 0 saturated heterocycles. The van der Waals surface area contributed by atoms with Crippen molar-refractivity contribution in [1.29, 1.82) is 0 Å². The van der Waals surface area contributed by atoms with E-state index in [0.29, 0.717) is 11.4 Å². The molecule has 0 unspecified atom stereocenters. The van der Waals surface area contributed by atoms with Gasteiger partial charge in [0.2, 0.25) is 0 Å². The maximum absolute atomic E-state index is 11.7. The third-order valence-corrected chi connectivity index (χ3v) is 4.35. The minimum Gasteiger partial charge on any atom is -0.364 e. The van der Waals surface area contributed by atoms with Crippen molar-refractivity contribution in [3.63, 3.8) is 0 Å². The van der Waals surface area contributed by atoms with Crippen LogP contribution in [0.25, 0.3) is 5.65 Å². The number of imidazole rings is 1. The molecular formula is C16H21N3O. The van der Waals surface area contributed by atoms with Gasteiger partial charge in [-0.2, -0.15) is 0 Å². The van der Waals surface area contributed by atoms with Gasteiger partial charge >= 0.3 is 0 Å². The number of carbonyl (C=O) groups excluding carboxylic acids is 1. The lowest BCUT2D eigenvalue weighted by molar-refractivity contribution is 0.0993. The van der Waals surface area contributed by atoms with Gasteiger partial charge in [0.1, 0.15) is 11.3 Å². The van der Waals surface area contributed by atoms with E-state index in [9.17, 15) is 4.79 Å². The Morgan fingerprint density at radius 3 is 2.80 bits per heavy atom. The second kappa shape index (κ2) is 5.27. The van der Waals surface area contributed by atoms with Crippen LogP contribution in [0.2, 0.25) is 0 Å². The van der Waals surface area contributed by atoms with Crippen molar-refractivity contribution in [2.24, 2.45) is 11.7 Å². The summed E-state index contributed by atoms with van der Waals surface area (Å²) in [4.78, 5) is 16.2. The molecule has 2 heterocycles. The van der Waals surface area contributed by atoms with Gasteiger partial charge in [0.25, 0.3) is 5.91 Å². The van der Waals surface area contributed by atoms with Crippen LogP contribution in [0.5, 0.6) is 0 Å². The third-order valence-electron chi connectivity index (χ3n) is 4.35. The first-order valence-electron chi connectivity index (χ1n) is 7.43. The Morgan fingerprint density at radius 1 is 1.35 bits per heavy atom. The maximum Gasteiger partial charge on any atom is 0.267 e. The summed E-state index contributed by atoms with van der Waals surface area (Å²) in [6, 6.07) is 6.05. The number of amides is 1. The van der Waals surface area contributed by atoms with Crippen molar-refractivity contribution in [3.8, 4) is 0 Å². The first-order valence-corrected chi connectivity index (χ1v) is 7.43. The Labute approximate surface area is 119 Å². The Hall–Kier alpha value is -1.84. The highest BCUT2D eigenvalue weighted by Gasteiger charge is 2.19. The van der Waals surface area contributed by atoms with E-state index in [2.05, 4.69) is 11.1 Å². The van der Waals surface area contributed by atoms with E-state index in [1.165, 1.54) is 32.1 Å². The minimum atomic E-state index is -0.397. The van der Waals surface area contributed by atoms with E-state index >= 15 is 0 Å². The van der Waals surface area contributed by atoms with Gasteiger partial charge in [-0.05, 0) is 31.4 Å². The van der Waals surface area contributed by atoms with Crippen LogP contribution < -0.4 is 5.73 Å². The maximum atomic E-state index is 11.7. The molecule has 0 atom stereocenters. The number of aromatic nitrogens is 2. The second-order valence-corrected chi connectivity index (χ2v) is 5.83. The zero-order chi connectivity index (χ0) is 14.1. The number of hydrogen-bond acceptors (Lipinski definition) is 2. The first kappa shape index (κ1) is 13.2. The van der Waals surface area contributed by atoms with Crippen molar-refractivity contribution < 1.29 is 4.79 Å². The monoisotopic (exact) mass is 271 g/mol. The van der Waals surface area contributed by atoms with Gasteiger partial charge in [0, 0.05) is 5.69 Å². The summed E-state index contributed by atoms with van der Waals surface area (Å²) in [5, 5.41) is 0. The fourth-order valence-corrected chi connectivity index (χ4v) is 3.41. The quantitative estimate of drug-likeness (QED) is 0.933. The Morgan fingerprint density at radius 2 is 2.10 bits per heavy atom. The number of hydrogen-bond donors (Lipinski definition) is 1. The Bertz CT molecular complexity index is 638. The lowest BCUT2D eigenvalue weighted by atomic mass is 9.86. The predicted molar refractivity (Wildman–Crippen MR) is 78.7 cm³/mol. The van der Waals surface area contributed by atoms with E-state index in [1.54, 1.807) is 0 Å². The summed E-state index contributed by atoms with van der Waals surface area (Å²) >= 11 is 0. The third kappa shape index (κ3) is 2.30. The van der Waals surface area contributed by atoms with E-state index in [0.717, 1.165) is 23.7 Å². The summed E-state index contributed by atoms with van der Waals surface area (Å²) in [6.07, 6.45) is 7.59. The van der Waals surface area contributed by atoms with E-state index in [-0.39, 0.29) is 0 Å². The van der Waals surface area contributed by atoms with Crippen LogP contribution in [-0.2, 0) is 6.42 Å². The molecule has 2 aromatic heterocycles. The fourth-order valence-electron chi connectivity index (χ4n) is 3.41. The molecule has 0 radical (unpaired) electrons. The lowest BCUT2D eigenvalue weighted by Crippen LogP contribution is -2.18. The summed E-state index contributed by atoms with van der Waals surface area (Å²) in [7, 11) is 0. The molecule has 20 heavy (non-hydrogen) atoms. The first-order chi connectivity index (χ1) is 9.66. The molecule has 1 aliphatic rings. The van der Waals surface area contributed by atoms with Gasteiger partial charge in [-0.3, -0.25) is 9.20 Å². The van der Waals surface area contributed by atoms with Crippen LogP contribution in [0.4, 0.5) is 0 Å². The summed E-state index contributed by atoms with van der Waals surface area (Å²) in [6.45, 7) is 1.84. The molecule has 2 aromatic rings. The molecule has 1 amide bonds. The van der Waals surface area contributed by atoms with Crippen LogP contribution in [0.1, 0.15) is 54.0 Å². The zero-order valence-electron chi connectivity index (χ0n) is 11.9. The fraction of sp³-hybridized carbons (Fsp3) is 0.500. The van der Waals surface area contributed by atoms with Crippen LogP contribution in [-0.4, -0.2) is 15.3 Å². The zero-order valence-corrected chi connectivity index (χ0v) is 11.9. The predicted octanol–water partition coefficient (Wildman–Crippen LogP) is 2.86. The molecule has 4 heteroatoms. The highest BCUT2D eigenvalue weighted by Crippen LogP contribution is 2.27. The number of fused-ring (bicyclic) bond motifs is 1. The molecule has 1 fully saturated rings. The van der Waals surface area contributed by atoms with Crippen molar-refractivity contribution in [1.82, 2.24) is 9.38 Å². The van der Waals surface area contributed by atoms with Gasteiger partial charge in [-0.15, -0.1) is 0 Å². The standard InChI is InChI=1S/C16H21N3O/c1-11-15(16(17)20)19-13(8-5-9-14(19)18-11)10-12-6-3-2-4-7-12/h5,8-9,12H,2-4,6-7,10H2,1H3,(H2,17,20). The number of primary amides is 1. The Kier molecular flexibility index (Phi) is 3.47. The average Bonchev–Trinajstić information content (AvgIpc) is 2.77. The second-order valence-electron chi connectivity index (χ2n) is 5.83. The van der Waals surface area contributed by atoms with Crippen LogP contribution >= 0.6 is 0 Å². The number of rotatable bonds is 3. The molecular weight excluding hydrogens is 250 g/mol. The minimum absolute atomic E-state index is 0.397. The number of pyridine rings is 1. The van der Waals surface area contributed by atoms with Crippen molar-refractivity contribution in [2.45, 2.75) is 45.4 Å². The normalized spacial score (nSPS) is 16.6. The summed E-state index contributed by atoms with van der Waals surface area (Å²) in [5.41, 5.74) is 8.76. The molecule has 1 saturated carbocycles. The average molecular weight is 271 g/mol. The molecule has 0 bridgehead atoms. The summed E-state index contributed by atoms with van der Waals surface area (Å²) in [5.74, 6) is 0.323.